The molecule has 16 heavy (non-hydrogen) atoms. The SMILES string of the molecule is CCC(=O)NC1(C(N)=S)CCCCCCC1. The Morgan fingerprint density at radius 2 is 1.75 bits per heavy atom. The van der Waals surface area contributed by atoms with Crippen molar-refractivity contribution in [3.05, 3.63) is 0 Å². The number of hydrogen-bond donors (Lipinski definition) is 2. The summed E-state index contributed by atoms with van der Waals surface area (Å²) in [6.45, 7) is 1.85. The van der Waals surface area contributed by atoms with Crippen molar-refractivity contribution in [1.82, 2.24) is 5.32 Å². The molecule has 92 valence electrons. The van der Waals surface area contributed by atoms with Crippen molar-refractivity contribution in [3.8, 4) is 0 Å². The van der Waals surface area contributed by atoms with E-state index in [0.717, 1.165) is 25.7 Å². The molecule has 3 N–H and O–H groups in total. The average Bonchev–Trinajstić information content (AvgIpc) is 2.21. The molecule has 0 aromatic carbocycles. The fraction of sp³-hybridized carbons (Fsp3) is 0.833. The molecule has 0 atom stereocenters. The van der Waals surface area contributed by atoms with Gasteiger partial charge in [-0.25, -0.2) is 0 Å². The van der Waals surface area contributed by atoms with Crippen molar-refractivity contribution in [1.29, 1.82) is 0 Å². The van der Waals surface area contributed by atoms with E-state index in [9.17, 15) is 4.79 Å². The van der Waals surface area contributed by atoms with Crippen molar-refractivity contribution in [2.45, 2.75) is 63.8 Å². The van der Waals surface area contributed by atoms with Crippen LogP contribution in [0.4, 0.5) is 0 Å². The summed E-state index contributed by atoms with van der Waals surface area (Å²) in [5.74, 6) is 0.0494. The van der Waals surface area contributed by atoms with Gasteiger partial charge in [0.05, 0.1) is 10.5 Å². The Balaban J connectivity index is 2.75. The molecule has 0 aromatic heterocycles. The zero-order valence-electron chi connectivity index (χ0n) is 10.1. The second kappa shape index (κ2) is 6.18. The summed E-state index contributed by atoms with van der Waals surface area (Å²) in [5.41, 5.74) is 5.43. The van der Waals surface area contributed by atoms with Gasteiger partial charge in [-0.15, -0.1) is 0 Å². The number of nitrogens with two attached hydrogens (primary N) is 1. The summed E-state index contributed by atoms with van der Waals surface area (Å²) in [6.07, 6.45) is 8.20. The number of rotatable bonds is 3. The van der Waals surface area contributed by atoms with Crippen molar-refractivity contribution in [2.24, 2.45) is 5.73 Å². The van der Waals surface area contributed by atoms with Gasteiger partial charge in [0.15, 0.2) is 0 Å². The molecule has 0 unspecified atom stereocenters. The Labute approximate surface area is 103 Å². The standard InChI is InChI=1S/C12H22N2OS/c1-2-10(15)14-12(11(13)16)8-6-4-3-5-7-9-12/h2-9H2,1H3,(H2,13,16)(H,14,15). The molecule has 1 rings (SSSR count). The van der Waals surface area contributed by atoms with Crippen molar-refractivity contribution < 1.29 is 4.79 Å². The van der Waals surface area contributed by atoms with Crippen LogP contribution in [0, 0.1) is 0 Å². The second-order valence-corrected chi connectivity index (χ2v) is 5.06. The van der Waals surface area contributed by atoms with Crippen LogP contribution in [0.15, 0.2) is 0 Å². The fourth-order valence-electron chi connectivity index (χ4n) is 2.30. The minimum Gasteiger partial charge on any atom is -0.391 e. The van der Waals surface area contributed by atoms with Gasteiger partial charge in [-0.05, 0) is 12.8 Å². The highest BCUT2D eigenvalue weighted by Gasteiger charge is 2.34. The third-order valence-electron chi connectivity index (χ3n) is 3.38. The molecule has 1 amide bonds. The first-order chi connectivity index (χ1) is 7.60. The zero-order valence-corrected chi connectivity index (χ0v) is 10.9. The molecule has 1 aliphatic carbocycles. The van der Waals surface area contributed by atoms with Crippen LogP contribution in [0.3, 0.4) is 0 Å². The lowest BCUT2D eigenvalue weighted by Gasteiger charge is -2.35. The van der Waals surface area contributed by atoms with E-state index in [-0.39, 0.29) is 5.91 Å². The van der Waals surface area contributed by atoms with Crippen LogP contribution in [0.1, 0.15) is 58.3 Å². The van der Waals surface area contributed by atoms with Crippen LogP contribution >= 0.6 is 12.2 Å². The minimum atomic E-state index is -0.414. The number of hydrogen-bond acceptors (Lipinski definition) is 2. The number of carbonyl (C=O) groups excluding carboxylic acids is 1. The molecule has 0 heterocycles. The summed E-state index contributed by atoms with van der Waals surface area (Å²) in [6, 6.07) is 0. The van der Waals surface area contributed by atoms with Crippen LogP contribution in [0.5, 0.6) is 0 Å². The summed E-state index contributed by atoms with van der Waals surface area (Å²) in [5, 5.41) is 3.04. The Hall–Kier alpha value is -0.640. The lowest BCUT2D eigenvalue weighted by Crippen LogP contribution is -2.56. The van der Waals surface area contributed by atoms with E-state index >= 15 is 0 Å². The maximum atomic E-state index is 11.6. The molecule has 0 spiro atoms. The van der Waals surface area contributed by atoms with Crippen LogP contribution in [0.2, 0.25) is 0 Å². The Morgan fingerprint density at radius 1 is 1.25 bits per heavy atom. The van der Waals surface area contributed by atoms with E-state index < -0.39 is 5.54 Å². The molecule has 1 aliphatic rings. The lowest BCUT2D eigenvalue weighted by molar-refractivity contribution is -0.122. The maximum Gasteiger partial charge on any atom is 0.220 e. The first-order valence-electron chi connectivity index (χ1n) is 6.21. The van der Waals surface area contributed by atoms with Gasteiger partial charge in [0.25, 0.3) is 0 Å². The van der Waals surface area contributed by atoms with E-state index in [0.29, 0.717) is 11.4 Å². The second-order valence-electron chi connectivity index (χ2n) is 4.62. The van der Waals surface area contributed by atoms with Crippen LogP contribution in [-0.4, -0.2) is 16.4 Å². The number of thiocarbonyl (C=S) groups is 1. The molecule has 1 fully saturated rings. The lowest BCUT2D eigenvalue weighted by atomic mass is 9.83. The first-order valence-corrected chi connectivity index (χ1v) is 6.62. The van der Waals surface area contributed by atoms with Crippen LogP contribution in [0.25, 0.3) is 0 Å². The molecule has 0 aromatic rings. The van der Waals surface area contributed by atoms with E-state index in [2.05, 4.69) is 5.32 Å². The molecule has 1 saturated carbocycles. The van der Waals surface area contributed by atoms with E-state index in [1.807, 2.05) is 6.92 Å². The Morgan fingerprint density at radius 3 is 2.19 bits per heavy atom. The summed E-state index contributed by atoms with van der Waals surface area (Å²) >= 11 is 5.16. The van der Waals surface area contributed by atoms with Crippen LogP contribution < -0.4 is 11.1 Å². The molecule has 0 saturated heterocycles. The molecular weight excluding hydrogens is 220 g/mol. The number of carbonyl (C=O) groups is 1. The molecule has 0 radical (unpaired) electrons. The predicted octanol–water partition coefficient (Wildman–Crippen LogP) is 2.28. The Bertz CT molecular complexity index is 258. The highest BCUT2D eigenvalue weighted by molar-refractivity contribution is 7.80. The van der Waals surface area contributed by atoms with Gasteiger partial charge in [0, 0.05) is 6.42 Å². The molecular formula is C12H22N2OS. The van der Waals surface area contributed by atoms with Crippen molar-refractivity contribution >= 4 is 23.1 Å². The topological polar surface area (TPSA) is 55.1 Å². The molecule has 0 bridgehead atoms. The third-order valence-corrected chi connectivity index (χ3v) is 3.77. The molecule has 4 heteroatoms. The molecule has 3 nitrogen and oxygen atoms in total. The van der Waals surface area contributed by atoms with Gasteiger partial charge in [-0.2, -0.15) is 0 Å². The smallest absolute Gasteiger partial charge is 0.220 e. The molecule has 0 aliphatic heterocycles. The monoisotopic (exact) mass is 242 g/mol. The van der Waals surface area contributed by atoms with Gasteiger partial charge < -0.3 is 11.1 Å². The number of amides is 1. The summed E-state index contributed by atoms with van der Waals surface area (Å²) < 4.78 is 0. The third kappa shape index (κ3) is 3.44. The van der Waals surface area contributed by atoms with Crippen LogP contribution in [-0.2, 0) is 4.79 Å². The predicted molar refractivity (Wildman–Crippen MR) is 70.3 cm³/mol. The first kappa shape index (κ1) is 13.4. The zero-order chi connectivity index (χ0) is 12.0. The number of nitrogens with one attached hydrogen (secondary N) is 1. The maximum absolute atomic E-state index is 11.6. The van der Waals surface area contributed by atoms with Gasteiger partial charge in [-0.3, -0.25) is 4.79 Å². The van der Waals surface area contributed by atoms with Crippen molar-refractivity contribution in [2.75, 3.05) is 0 Å². The van der Waals surface area contributed by atoms with E-state index in [4.69, 9.17) is 18.0 Å². The van der Waals surface area contributed by atoms with Gasteiger partial charge in [0.1, 0.15) is 0 Å². The van der Waals surface area contributed by atoms with E-state index in [1.54, 1.807) is 0 Å². The Kier molecular flexibility index (Phi) is 5.19. The van der Waals surface area contributed by atoms with Gasteiger partial charge in [-0.1, -0.05) is 51.2 Å². The largest absolute Gasteiger partial charge is 0.391 e. The quantitative estimate of drug-likeness (QED) is 0.747. The minimum absolute atomic E-state index is 0.0494. The van der Waals surface area contributed by atoms with E-state index in [1.165, 1.54) is 19.3 Å². The highest BCUT2D eigenvalue weighted by Crippen LogP contribution is 2.27. The highest BCUT2D eigenvalue weighted by atomic mass is 32.1. The van der Waals surface area contributed by atoms with Gasteiger partial charge in [0.2, 0.25) is 5.91 Å². The van der Waals surface area contributed by atoms with Gasteiger partial charge >= 0.3 is 0 Å². The summed E-state index contributed by atoms with van der Waals surface area (Å²) in [7, 11) is 0. The average molecular weight is 242 g/mol. The summed E-state index contributed by atoms with van der Waals surface area (Å²) in [4.78, 5) is 12.0. The normalized spacial score (nSPS) is 20.6. The van der Waals surface area contributed by atoms with Crippen molar-refractivity contribution in [3.63, 3.8) is 0 Å². The fourth-order valence-corrected chi connectivity index (χ4v) is 2.55.